The van der Waals surface area contributed by atoms with E-state index in [1.807, 2.05) is 0 Å². The van der Waals surface area contributed by atoms with Gasteiger partial charge in [-0.15, -0.1) is 0 Å². The molecule has 1 atom stereocenters. The van der Waals surface area contributed by atoms with Crippen molar-refractivity contribution >= 4 is 27.3 Å². The molecule has 0 fully saturated rings. The smallest absolute Gasteiger partial charge is 0.271 e. The Morgan fingerprint density at radius 1 is 1.18 bits per heavy atom. The van der Waals surface area contributed by atoms with E-state index in [2.05, 4.69) is 19.2 Å². The van der Waals surface area contributed by atoms with Gasteiger partial charge in [0, 0.05) is 24.2 Å². The second-order valence-electron chi connectivity index (χ2n) is 8.21. The molecule has 0 aliphatic rings. The Morgan fingerprint density at radius 2 is 1.85 bits per heavy atom. The first-order chi connectivity index (χ1) is 16.1. The van der Waals surface area contributed by atoms with Crippen LogP contribution in [0.1, 0.15) is 55.5 Å². The summed E-state index contributed by atoms with van der Waals surface area (Å²) >= 11 is 0. The maximum atomic E-state index is 12.5. The summed E-state index contributed by atoms with van der Waals surface area (Å²) in [6.07, 6.45) is 5.36. The van der Waals surface area contributed by atoms with Crippen LogP contribution in [0.5, 0.6) is 5.75 Å². The Morgan fingerprint density at radius 3 is 2.38 bits per heavy atom. The number of non-ortho nitro benzene ring substituents is 1. The molecular formula is C24H33N3O6S. The zero-order valence-corrected chi connectivity index (χ0v) is 20.9. The molecule has 0 bridgehead atoms. The van der Waals surface area contributed by atoms with Gasteiger partial charge in [0.25, 0.3) is 11.6 Å². The Kier molecular flexibility index (Phi) is 9.85. The van der Waals surface area contributed by atoms with E-state index in [-0.39, 0.29) is 29.6 Å². The Hall–Kier alpha value is -3.14. The molecule has 1 amide bonds. The predicted octanol–water partition coefficient (Wildman–Crippen LogP) is 4.52. The van der Waals surface area contributed by atoms with Crippen LogP contribution < -0.4 is 14.4 Å². The van der Waals surface area contributed by atoms with Crippen molar-refractivity contribution in [2.75, 3.05) is 24.2 Å². The van der Waals surface area contributed by atoms with Crippen LogP contribution in [-0.2, 0) is 16.6 Å². The van der Waals surface area contributed by atoms with E-state index in [1.165, 1.54) is 25.3 Å². The molecule has 10 heteroatoms. The molecule has 2 aromatic carbocycles. The molecule has 9 nitrogen and oxygen atoms in total. The Labute approximate surface area is 201 Å². The van der Waals surface area contributed by atoms with Crippen LogP contribution in [-0.4, -0.2) is 39.2 Å². The number of anilines is 1. The van der Waals surface area contributed by atoms with Gasteiger partial charge in [-0.25, -0.2) is 8.42 Å². The maximum Gasteiger partial charge on any atom is 0.271 e. The third-order valence-electron chi connectivity index (χ3n) is 5.68. The number of benzene rings is 2. The SMILES string of the molecule is CCCCC(CC)CNC(=O)c1ccc(CN(c2cc([N+](=O)[O-])ccc2OC)S(C)(=O)=O)cc1. The molecule has 0 saturated heterocycles. The number of nitrogens with one attached hydrogen (secondary N) is 1. The highest BCUT2D eigenvalue weighted by Gasteiger charge is 2.24. The number of rotatable bonds is 13. The monoisotopic (exact) mass is 491 g/mol. The van der Waals surface area contributed by atoms with Crippen molar-refractivity contribution in [3.63, 3.8) is 0 Å². The normalized spacial score (nSPS) is 12.1. The molecule has 0 heterocycles. The van der Waals surface area contributed by atoms with Crippen LogP contribution in [0, 0.1) is 16.0 Å². The molecule has 0 aliphatic carbocycles. The molecule has 0 aliphatic heterocycles. The van der Waals surface area contributed by atoms with Gasteiger partial charge >= 0.3 is 0 Å². The highest BCUT2D eigenvalue weighted by Crippen LogP contribution is 2.34. The predicted molar refractivity (Wildman–Crippen MR) is 133 cm³/mol. The van der Waals surface area contributed by atoms with E-state index in [9.17, 15) is 23.3 Å². The number of sulfonamides is 1. The van der Waals surface area contributed by atoms with Gasteiger partial charge in [0.2, 0.25) is 10.0 Å². The van der Waals surface area contributed by atoms with Crippen molar-refractivity contribution in [3.05, 3.63) is 63.7 Å². The molecular weight excluding hydrogens is 458 g/mol. The third kappa shape index (κ3) is 7.44. The van der Waals surface area contributed by atoms with Crippen molar-refractivity contribution in [1.29, 1.82) is 0 Å². The summed E-state index contributed by atoms with van der Waals surface area (Å²) in [5.74, 6) is 0.457. The van der Waals surface area contributed by atoms with Gasteiger partial charge in [0.05, 0.1) is 24.8 Å². The van der Waals surface area contributed by atoms with Gasteiger partial charge in [0.15, 0.2) is 0 Å². The van der Waals surface area contributed by atoms with Crippen molar-refractivity contribution < 1.29 is 22.9 Å². The number of carbonyl (C=O) groups excluding carboxylic acids is 1. The van der Waals surface area contributed by atoms with E-state index >= 15 is 0 Å². The number of methoxy groups -OCH3 is 1. The largest absolute Gasteiger partial charge is 0.495 e. The fourth-order valence-electron chi connectivity index (χ4n) is 3.58. The average Bonchev–Trinajstić information content (AvgIpc) is 2.81. The highest BCUT2D eigenvalue weighted by atomic mass is 32.2. The average molecular weight is 492 g/mol. The molecule has 0 radical (unpaired) electrons. The van der Waals surface area contributed by atoms with Crippen molar-refractivity contribution in [2.45, 2.75) is 46.1 Å². The lowest BCUT2D eigenvalue weighted by molar-refractivity contribution is -0.384. The summed E-state index contributed by atoms with van der Waals surface area (Å²) in [6, 6.07) is 10.4. The Balaban J connectivity index is 2.20. The first-order valence-electron chi connectivity index (χ1n) is 11.3. The number of hydrogen-bond donors (Lipinski definition) is 1. The summed E-state index contributed by atoms with van der Waals surface area (Å²) in [5, 5.41) is 14.2. The number of nitro groups is 1. The topological polar surface area (TPSA) is 119 Å². The Bertz CT molecular complexity index is 1090. The van der Waals surface area contributed by atoms with E-state index < -0.39 is 14.9 Å². The van der Waals surface area contributed by atoms with E-state index in [4.69, 9.17) is 4.74 Å². The number of carbonyl (C=O) groups is 1. The zero-order chi connectivity index (χ0) is 25.3. The number of amides is 1. The first kappa shape index (κ1) is 27.1. The quantitative estimate of drug-likeness (QED) is 0.325. The van der Waals surface area contributed by atoms with Gasteiger partial charge in [-0.3, -0.25) is 19.2 Å². The first-order valence-corrected chi connectivity index (χ1v) is 13.1. The minimum atomic E-state index is -3.80. The van der Waals surface area contributed by atoms with Gasteiger partial charge in [-0.1, -0.05) is 45.2 Å². The van der Waals surface area contributed by atoms with Gasteiger partial charge < -0.3 is 10.1 Å². The van der Waals surface area contributed by atoms with Crippen LogP contribution in [0.15, 0.2) is 42.5 Å². The fourth-order valence-corrected chi connectivity index (χ4v) is 4.46. The molecule has 0 aromatic heterocycles. The van der Waals surface area contributed by atoms with Crippen molar-refractivity contribution in [1.82, 2.24) is 5.32 Å². The van der Waals surface area contributed by atoms with Gasteiger partial charge in [0.1, 0.15) is 11.4 Å². The van der Waals surface area contributed by atoms with Crippen LogP contribution in [0.25, 0.3) is 0 Å². The molecule has 2 aromatic rings. The van der Waals surface area contributed by atoms with Crippen LogP contribution in [0.3, 0.4) is 0 Å². The molecule has 0 spiro atoms. The lowest BCUT2D eigenvalue weighted by Crippen LogP contribution is -2.30. The second-order valence-corrected chi connectivity index (χ2v) is 10.1. The molecule has 186 valence electrons. The van der Waals surface area contributed by atoms with E-state index in [0.29, 0.717) is 23.6 Å². The van der Waals surface area contributed by atoms with Crippen LogP contribution >= 0.6 is 0 Å². The summed E-state index contributed by atoms with van der Waals surface area (Å²) in [7, 11) is -2.43. The van der Waals surface area contributed by atoms with Gasteiger partial charge in [-0.2, -0.15) is 0 Å². The van der Waals surface area contributed by atoms with Gasteiger partial charge in [-0.05, 0) is 36.1 Å². The minimum absolute atomic E-state index is 0.0682. The van der Waals surface area contributed by atoms with Crippen LogP contribution in [0.2, 0.25) is 0 Å². The van der Waals surface area contributed by atoms with Crippen molar-refractivity contribution in [2.24, 2.45) is 5.92 Å². The number of nitro benzene ring substituents is 1. The molecule has 2 rings (SSSR count). The van der Waals surface area contributed by atoms with E-state index in [1.54, 1.807) is 24.3 Å². The molecule has 34 heavy (non-hydrogen) atoms. The number of hydrogen-bond acceptors (Lipinski definition) is 6. The van der Waals surface area contributed by atoms with Crippen molar-refractivity contribution in [3.8, 4) is 5.75 Å². The summed E-state index contributed by atoms with van der Waals surface area (Å²) in [5.41, 5.74) is 0.914. The van der Waals surface area contributed by atoms with E-state index in [0.717, 1.165) is 36.2 Å². The lowest BCUT2D eigenvalue weighted by Gasteiger charge is -2.24. The highest BCUT2D eigenvalue weighted by molar-refractivity contribution is 7.92. The summed E-state index contributed by atoms with van der Waals surface area (Å²) in [4.78, 5) is 23.2. The summed E-state index contributed by atoms with van der Waals surface area (Å²) < 4.78 is 31.4. The van der Waals surface area contributed by atoms with Crippen LogP contribution in [0.4, 0.5) is 11.4 Å². The standard InChI is InChI=1S/C24H33N3O6S/c1-5-7-8-18(6-2)16-25-24(28)20-11-9-19(10-12-20)17-26(34(4,31)32)22-15-21(27(29)30)13-14-23(22)33-3/h9-15,18H,5-8,16-17H2,1-4H3,(H,25,28). The number of unbranched alkanes of at least 4 members (excludes halogenated alkanes) is 1. The molecule has 0 saturated carbocycles. The zero-order valence-electron chi connectivity index (χ0n) is 20.1. The molecule has 1 unspecified atom stereocenters. The lowest BCUT2D eigenvalue weighted by atomic mass is 9.99. The minimum Gasteiger partial charge on any atom is -0.495 e. The third-order valence-corrected chi connectivity index (χ3v) is 6.81. The maximum absolute atomic E-state index is 12.5. The number of ether oxygens (including phenoxy) is 1. The summed E-state index contributed by atoms with van der Waals surface area (Å²) in [6.45, 7) is 4.80. The number of nitrogens with zero attached hydrogens (tertiary/aromatic N) is 2. The fraction of sp³-hybridized carbons (Fsp3) is 0.458. The second kappa shape index (κ2) is 12.4. The molecule has 1 N–H and O–H groups in total.